The molecule has 0 saturated carbocycles. The third-order valence-electron chi connectivity index (χ3n) is 3.52. The molecule has 3 nitrogen and oxygen atoms in total. The molecule has 18 heavy (non-hydrogen) atoms. The lowest BCUT2D eigenvalue weighted by Gasteiger charge is -2.22. The highest BCUT2D eigenvalue weighted by atomic mass is 16.5. The maximum Gasteiger partial charge on any atom is 0.0495 e. The molecule has 2 atom stereocenters. The molecule has 1 aromatic carbocycles. The van der Waals surface area contributed by atoms with Gasteiger partial charge in [0.05, 0.1) is 0 Å². The van der Waals surface area contributed by atoms with Crippen molar-refractivity contribution < 1.29 is 9.84 Å². The van der Waals surface area contributed by atoms with E-state index < -0.39 is 0 Å². The van der Waals surface area contributed by atoms with Crippen molar-refractivity contribution in [2.24, 2.45) is 5.92 Å². The Kier molecular flexibility index (Phi) is 5.65. The lowest BCUT2D eigenvalue weighted by Crippen LogP contribution is -2.25. The standard InChI is InChI=1S/C15H23NO2/c17-9-4-8-16-15(11-13-7-10-18-12-13)14-5-2-1-3-6-14/h1-3,5-6,13,15-17H,4,7-12H2. The zero-order valence-corrected chi connectivity index (χ0v) is 10.8. The van der Waals surface area contributed by atoms with Crippen LogP contribution in [0.15, 0.2) is 30.3 Å². The molecule has 1 aromatic rings. The van der Waals surface area contributed by atoms with E-state index in [4.69, 9.17) is 9.84 Å². The van der Waals surface area contributed by atoms with Gasteiger partial charge in [-0.25, -0.2) is 0 Å². The van der Waals surface area contributed by atoms with E-state index in [9.17, 15) is 0 Å². The summed E-state index contributed by atoms with van der Waals surface area (Å²) in [6.07, 6.45) is 3.10. The summed E-state index contributed by atoms with van der Waals surface area (Å²) in [5.41, 5.74) is 1.34. The van der Waals surface area contributed by atoms with E-state index in [2.05, 4.69) is 29.6 Å². The molecule has 3 heteroatoms. The summed E-state index contributed by atoms with van der Waals surface area (Å²) in [5.74, 6) is 0.664. The second kappa shape index (κ2) is 7.52. The van der Waals surface area contributed by atoms with Crippen molar-refractivity contribution in [3.05, 3.63) is 35.9 Å². The van der Waals surface area contributed by atoms with Crippen molar-refractivity contribution >= 4 is 0 Å². The van der Waals surface area contributed by atoms with Gasteiger partial charge in [-0.1, -0.05) is 30.3 Å². The first kappa shape index (κ1) is 13.5. The van der Waals surface area contributed by atoms with Gasteiger partial charge < -0.3 is 15.2 Å². The predicted octanol–water partition coefficient (Wildman–Crippen LogP) is 2.13. The van der Waals surface area contributed by atoms with Crippen molar-refractivity contribution in [1.29, 1.82) is 0 Å². The quantitative estimate of drug-likeness (QED) is 0.727. The molecule has 1 aliphatic rings. The SMILES string of the molecule is OCCCNC(CC1CCOC1)c1ccccc1. The molecule has 1 fully saturated rings. The first-order chi connectivity index (χ1) is 8.90. The number of benzene rings is 1. The van der Waals surface area contributed by atoms with Gasteiger partial charge in [-0.3, -0.25) is 0 Å². The van der Waals surface area contributed by atoms with Crippen LogP contribution >= 0.6 is 0 Å². The highest BCUT2D eigenvalue weighted by Crippen LogP contribution is 2.26. The van der Waals surface area contributed by atoms with Crippen LogP contribution in [0.1, 0.15) is 30.9 Å². The largest absolute Gasteiger partial charge is 0.396 e. The van der Waals surface area contributed by atoms with Gasteiger partial charge in [0.25, 0.3) is 0 Å². The third kappa shape index (κ3) is 4.09. The van der Waals surface area contributed by atoms with Crippen molar-refractivity contribution in [3.63, 3.8) is 0 Å². The summed E-state index contributed by atoms with van der Waals surface area (Å²) >= 11 is 0. The first-order valence-electron chi connectivity index (χ1n) is 6.87. The molecular weight excluding hydrogens is 226 g/mol. The predicted molar refractivity (Wildman–Crippen MR) is 72.4 cm³/mol. The smallest absolute Gasteiger partial charge is 0.0495 e. The summed E-state index contributed by atoms with van der Waals surface area (Å²) in [7, 11) is 0. The van der Waals surface area contributed by atoms with Crippen LogP contribution < -0.4 is 5.32 Å². The average Bonchev–Trinajstić information content (AvgIpc) is 2.92. The molecule has 0 spiro atoms. The van der Waals surface area contributed by atoms with E-state index in [-0.39, 0.29) is 6.61 Å². The fourth-order valence-corrected chi connectivity index (χ4v) is 2.48. The van der Waals surface area contributed by atoms with Crippen LogP contribution in [0.2, 0.25) is 0 Å². The summed E-state index contributed by atoms with van der Waals surface area (Å²) in [5, 5.41) is 12.4. The lowest BCUT2D eigenvalue weighted by molar-refractivity contribution is 0.181. The van der Waals surface area contributed by atoms with Crippen LogP contribution in [0.4, 0.5) is 0 Å². The Hall–Kier alpha value is -0.900. The van der Waals surface area contributed by atoms with Gasteiger partial charge in [-0.2, -0.15) is 0 Å². The molecule has 1 aliphatic heterocycles. The van der Waals surface area contributed by atoms with E-state index in [0.29, 0.717) is 12.0 Å². The van der Waals surface area contributed by atoms with Crippen LogP contribution in [-0.2, 0) is 4.74 Å². The number of rotatable bonds is 7. The summed E-state index contributed by atoms with van der Waals surface area (Å²) in [6.45, 7) is 2.92. The van der Waals surface area contributed by atoms with Crippen LogP contribution in [0.25, 0.3) is 0 Å². The van der Waals surface area contributed by atoms with Crippen LogP contribution in [0.5, 0.6) is 0 Å². The fraction of sp³-hybridized carbons (Fsp3) is 0.600. The first-order valence-corrected chi connectivity index (χ1v) is 6.87. The van der Waals surface area contributed by atoms with Crippen LogP contribution in [0.3, 0.4) is 0 Å². The second-order valence-electron chi connectivity index (χ2n) is 4.96. The molecule has 0 bridgehead atoms. The topological polar surface area (TPSA) is 41.5 Å². The Bertz CT molecular complexity index is 323. The van der Waals surface area contributed by atoms with Gasteiger partial charge in [0.2, 0.25) is 0 Å². The molecule has 2 N–H and O–H groups in total. The number of ether oxygens (including phenoxy) is 1. The van der Waals surface area contributed by atoms with E-state index in [1.165, 1.54) is 12.0 Å². The van der Waals surface area contributed by atoms with Crippen molar-refractivity contribution in [3.8, 4) is 0 Å². The Morgan fingerprint density at radius 1 is 1.33 bits per heavy atom. The number of hydrogen-bond donors (Lipinski definition) is 2. The van der Waals surface area contributed by atoms with Gasteiger partial charge in [0.15, 0.2) is 0 Å². The maximum atomic E-state index is 8.87. The molecule has 0 amide bonds. The highest BCUT2D eigenvalue weighted by Gasteiger charge is 2.21. The minimum Gasteiger partial charge on any atom is -0.396 e. The second-order valence-corrected chi connectivity index (χ2v) is 4.96. The minimum absolute atomic E-state index is 0.251. The zero-order chi connectivity index (χ0) is 12.6. The van der Waals surface area contributed by atoms with Crippen molar-refractivity contribution in [1.82, 2.24) is 5.32 Å². The Morgan fingerprint density at radius 3 is 2.83 bits per heavy atom. The highest BCUT2D eigenvalue weighted by molar-refractivity contribution is 5.19. The molecule has 100 valence electrons. The minimum atomic E-state index is 0.251. The molecule has 0 aromatic heterocycles. The summed E-state index contributed by atoms with van der Waals surface area (Å²) in [4.78, 5) is 0. The number of nitrogens with one attached hydrogen (secondary N) is 1. The van der Waals surface area contributed by atoms with Crippen LogP contribution in [0, 0.1) is 5.92 Å². The Balaban J connectivity index is 1.93. The summed E-state index contributed by atoms with van der Waals surface area (Å²) < 4.78 is 5.45. The maximum absolute atomic E-state index is 8.87. The third-order valence-corrected chi connectivity index (χ3v) is 3.52. The fourth-order valence-electron chi connectivity index (χ4n) is 2.48. The number of aliphatic hydroxyl groups is 1. The van der Waals surface area contributed by atoms with E-state index >= 15 is 0 Å². The van der Waals surface area contributed by atoms with Gasteiger partial charge in [0, 0.05) is 25.9 Å². The molecule has 0 aliphatic carbocycles. The van der Waals surface area contributed by atoms with Gasteiger partial charge in [-0.05, 0) is 37.3 Å². The number of aliphatic hydroxyl groups excluding tert-OH is 1. The van der Waals surface area contributed by atoms with Crippen molar-refractivity contribution in [2.45, 2.75) is 25.3 Å². The van der Waals surface area contributed by atoms with Crippen molar-refractivity contribution in [2.75, 3.05) is 26.4 Å². The summed E-state index contributed by atoms with van der Waals surface area (Å²) in [6, 6.07) is 10.9. The number of hydrogen-bond acceptors (Lipinski definition) is 3. The monoisotopic (exact) mass is 249 g/mol. The molecule has 0 radical (unpaired) electrons. The zero-order valence-electron chi connectivity index (χ0n) is 10.8. The van der Waals surface area contributed by atoms with Gasteiger partial charge >= 0.3 is 0 Å². The lowest BCUT2D eigenvalue weighted by atomic mass is 9.94. The molecule has 1 saturated heterocycles. The van der Waals surface area contributed by atoms with Gasteiger partial charge in [0.1, 0.15) is 0 Å². The Morgan fingerprint density at radius 2 is 2.17 bits per heavy atom. The normalized spacial score (nSPS) is 21.1. The average molecular weight is 249 g/mol. The molecule has 2 unspecified atom stereocenters. The Labute approximate surface area is 109 Å². The van der Waals surface area contributed by atoms with Gasteiger partial charge in [-0.15, -0.1) is 0 Å². The molecule has 2 rings (SSSR count). The van der Waals surface area contributed by atoms with E-state index in [0.717, 1.165) is 32.6 Å². The molecular formula is C15H23NO2. The van der Waals surface area contributed by atoms with Crippen LogP contribution in [-0.4, -0.2) is 31.5 Å². The van der Waals surface area contributed by atoms with E-state index in [1.54, 1.807) is 0 Å². The molecule has 1 heterocycles. The van der Waals surface area contributed by atoms with E-state index in [1.807, 2.05) is 6.07 Å².